The highest BCUT2D eigenvalue weighted by Crippen LogP contribution is 2.50. The Hall–Kier alpha value is -3.23. The average Bonchev–Trinajstić information content (AvgIpc) is 3.30. The molecule has 1 saturated carbocycles. The fourth-order valence-corrected chi connectivity index (χ4v) is 4.86. The fraction of sp³-hybridized carbons (Fsp3) is 0.348. The van der Waals surface area contributed by atoms with Crippen LogP contribution in [0.15, 0.2) is 48.9 Å². The summed E-state index contributed by atoms with van der Waals surface area (Å²) in [6.07, 6.45) is 4.74. The van der Waals surface area contributed by atoms with Crippen LogP contribution in [0.25, 0.3) is 21.9 Å². The van der Waals surface area contributed by atoms with Gasteiger partial charge in [-0.2, -0.15) is 0 Å². The van der Waals surface area contributed by atoms with Crippen molar-refractivity contribution in [3.8, 4) is 0 Å². The highest BCUT2D eigenvalue weighted by Gasteiger charge is 2.54. The zero-order chi connectivity index (χ0) is 21.8. The first-order valence-corrected chi connectivity index (χ1v) is 10.4. The second-order valence-corrected chi connectivity index (χ2v) is 8.88. The smallest absolute Gasteiger partial charge is 0.169 e. The number of aliphatic hydroxyl groups excluding tert-OH is 1. The van der Waals surface area contributed by atoms with E-state index < -0.39 is 17.2 Å². The van der Waals surface area contributed by atoms with E-state index in [1.807, 2.05) is 25.1 Å². The SMILES string of the molecule is C[C@]1(CCc2ccc3ccc(N)nc3c2)CC[C@](O)(n2ccc3c(N)ncnc32)[C@@H]1O. The summed E-state index contributed by atoms with van der Waals surface area (Å²) in [5.41, 5.74) is 12.4. The number of benzene rings is 1. The van der Waals surface area contributed by atoms with Crippen molar-refractivity contribution < 1.29 is 10.2 Å². The summed E-state index contributed by atoms with van der Waals surface area (Å²) in [5.74, 6) is 0.851. The molecular formula is C23H26N6O2. The second-order valence-electron chi connectivity index (χ2n) is 8.88. The number of anilines is 2. The van der Waals surface area contributed by atoms with Crippen molar-refractivity contribution in [2.75, 3.05) is 11.5 Å². The lowest BCUT2D eigenvalue weighted by Gasteiger charge is -2.36. The lowest BCUT2D eigenvalue weighted by atomic mass is 9.79. The van der Waals surface area contributed by atoms with Gasteiger partial charge >= 0.3 is 0 Å². The number of hydrogen-bond donors (Lipinski definition) is 4. The molecule has 0 radical (unpaired) electrons. The van der Waals surface area contributed by atoms with Crippen LogP contribution in [0, 0.1) is 5.41 Å². The Bertz CT molecular complexity index is 1290. The Morgan fingerprint density at radius 1 is 1.13 bits per heavy atom. The van der Waals surface area contributed by atoms with Crippen LogP contribution in [0.3, 0.4) is 0 Å². The molecule has 0 bridgehead atoms. The van der Waals surface area contributed by atoms with Gasteiger partial charge in [-0.25, -0.2) is 15.0 Å². The summed E-state index contributed by atoms with van der Waals surface area (Å²) in [4.78, 5) is 12.7. The Kier molecular flexibility index (Phi) is 4.39. The van der Waals surface area contributed by atoms with Gasteiger partial charge in [-0.3, -0.25) is 0 Å². The Morgan fingerprint density at radius 3 is 2.77 bits per heavy atom. The third kappa shape index (κ3) is 3.10. The zero-order valence-corrected chi connectivity index (χ0v) is 17.4. The van der Waals surface area contributed by atoms with E-state index in [0.717, 1.165) is 29.3 Å². The van der Waals surface area contributed by atoms with Gasteiger partial charge in [0.1, 0.15) is 29.7 Å². The molecule has 1 aromatic carbocycles. The van der Waals surface area contributed by atoms with Crippen LogP contribution in [-0.2, 0) is 12.1 Å². The van der Waals surface area contributed by atoms with Crippen LogP contribution >= 0.6 is 0 Å². The molecule has 8 heteroatoms. The molecule has 1 aliphatic carbocycles. The van der Waals surface area contributed by atoms with Crippen LogP contribution in [0.1, 0.15) is 31.7 Å². The minimum atomic E-state index is -1.45. The van der Waals surface area contributed by atoms with E-state index in [1.54, 1.807) is 22.9 Å². The van der Waals surface area contributed by atoms with Gasteiger partial charge in [0.15, 0.2) is 5.72 Å². The Morgan fingerprint density at radius 2 is 1.94 bits per heavy atom. The molecule has 0 spiro atoms. The van der Waals surface area contributed by atoms with Crippen molar-refractivity contribution in [3.63, 3.8) is 0 Å². The first-order chi connectivity index (χ1) is 14.8. The maximum atomic E-state index is 11.5. The van der Waals surface area contributed by atoms with E-state index >= 15 is 0 Å². The van der Waals surface area contributed by atoms with Gasteiger partial charge in [0, 0.05) is 11.6 Å². The molecule has 31 heavy (non-hydrogen) atoms. The lowest BCUT2D eigenvalue weighted by molar-refractivity contribution is -0.140. The van der Waals surface area contributed by atoms with Crippen LogP contribution < -0.4 is 11.5 Å². The van der Waals surface area contributed by atoms with Gasteiger partial charge in [-0.05, 0) is 60.9 Å². The number of aliphatic hydroxyl groups is 2. The van der Waals surface area contributed by atoms with E-state index in [9.17, 15) is 10.2 Å². The molecule has 3 heterocycles. The number of rotatable bonds is 4. The average molecular weight is 419 g/mol. The molecular weight excluding hydrogens is 392 g/mol. The number of hydrogen-bond acceptors (Lipinski definition) is 7. The molecule has 3 aromatic heterocycles. The van der Waals surface area contributed by atoms with Gasteiger partial charge < -0.3 is 26.2 Å². The van der Waals surface area contributed by atoms with Gasteiger partial charge in [0.2, 0.25) is 0 Å². The van der Waals surface area contributed by atoms with Crippen molar-refractivity contribution in [1.29, 1.82) is 0 Å². The summed E-state index contributed by atoms with van der Waals surface area (Å²) in [6, 6.07) is 11.7. The van der Waals surface area contributed by atoms with Gasteiger partial charge in [0.25, 0.3) is 0 Å². The van der Waals surface area contributed by atoms with E-state index in [2.05, 4.69) is 21.0 Å². The molecule has 4 aromatic rings. The van der Waals surface area contributed by atoms with Crippen LogP contribution in [0.5, 0.6) is 0 Å². The largest absolute Gasteiger partial charge is 0.388 e. The molecule has 0 saturated heterocycles. The standard InChI is InChI=1S/C23H26N6O2/c1-22(8-6-14-2-3-15-4-5-18(24)28-17(15)12-14)9-10-23(31,21(22)30)29-11-7-16-19(25)26-13-27-20(16)29/h2-5,7,11-13,21,30-31H,6,8-10H2,1H3,(H2,24,28)(H2,25,26,27)/t21-,22+,23-/m1/s1. The topological polar surface area (TPSA) is 136 Å². The summed E-state index contributed by atoms with van der Waals surface area (Å²) in [5, 5.41) is 24.5. The second kappa shape index (κ2) is 6.90. The Balaban J connectivity index is 1.40. The maximum absolute atomic E-state index is 11.5. The number of nitrogens with zero attached hydrogens (tertiary/aromatic N) is 4. The van der Waals surface area contributed by atoms with Gasteiger partial charge in [0.05, 0.1) is 10.9 Å². The van der Waals surface area contributed by atoms with E-state index in [4.69, 9.17) is 11.5 Å². The van der Waals surface area contributed by atoms with Crippen LogP contribution in [0.4, 0.5) is 11.6 Å². The monoisotopic (exact) mass is 418 g/mol. The number of aromatic nitrogens is 4. The van der Waals surface area contributed by atoms with Crippen molar-refractivity contribution >= 4 is 33.6 Å². The minimum absolute atomic E-state index is 0.355. The quantitative estimate of drug-likeness (QED) is 0.400. The number of nitrogen functional groups attached to an aromatic ring is 2. The van der Waals surface area contributed by atoms with Crippen molar-refractivity contribution in [2.24, 2.45) is 5.41 Å². The Labute approximate surface area is 179 Å². The molecule has 160 valence electrons. The van der Waals surface area contributed by atoms with E-state index in [-0.39, 0.29) is 0 Å². The molecule has 1 aliphatic rings. The molecule has 8 nitrogen and oxygen atoms in total. The molecule has 3 atom stereocenters. The predicted octanol–water partition coefficient (Wildman–Crippen LogP) is 2.58. The summed E-state index contributed by atoms with van der Waals surface area (Å²) in [6.45, 7) is 2.03. The normalized spacial score (nSPS) is 26.1. The number of nitrogens with two attached hydrogens (primary N) is 2. The number of fused-ring (bicyclic) bond motifs is 2. The zero-order valence-electron chi connectivity index (χ0n) is 17.4. The van der Waals surface area contributed by atoms with E-state index in [0.29, 0.717) is 35.5 Å². The summed E-state index contributed by atoms with van der Waals surface area (Å²) < 4.78 is 1.64. The van der Waals surface area contributed by atoms with Gasteiger partial charge in [-0.15, -0.1) is 0 Å². The van der Waals surface area contributed by atoms with Crippen LogP contribution in [0.2, 0.25) is 0 Å². The molecule has 1 fully saturated rings. The summed E-state index contributed by atoms with van der Waals surface area (Å²) in [7, 11) is 0. The third-order valence-corrected chi connectivity index (χ3v) is 6.85. The van der Waals surface area contributed by atoms with E-state index in [1.165, 1.54) is 6.33 Å². The third-order valence-electron chi connectivity index (χ3n) is 6.85. The maximum Gasteiger partial charge on any atom is 0.169 e. The van der Waals surface area contributed by atoms with Crippen molar-refractivity contribution in [2.45, 2.75) is 44.4 Å². The number of aryl methyl sites for hydroxylation is 1. The highest BCUT2D eigenvalue weighted by molar-refractivity contribution is 5.86. The first kappa shape index (κ1) is 19.7. The van der Waals surface area contributed by atoms with Gasteiger partial charge in [-0.1, -0.05) is 19.1 Å². The lowest BCUT2D eigenvalue weighted by Crippen LogP contribution is -2.46. The van der Waals surface area contributed by atoms with Crippen molar-refractivity contribution in [3.05, 3.63) is 54.5 Å². The first-order valence-electron chi connectivity index (χ1n) is 10.4. The molecule has 0 amide bonds. The number of pyridine rings is 1. The fourth-order valence-electron chi connectivity index (χ4n) is 4.86. The molecule has 5 rings (SSSR count). The summed E-state index contributed by atoms with van der Waals surface area (Å²) >= 11 is 0. The molecule has 6 N–H and O–H groups in total. The molecule has 0 unspecified atom stereocenters. The van der Waals surface area contributed by atoms with Crippen LogP contribution in [-0.4, -0.2) is 35.8 Å². The molecule has 0 aliphatic heterocycles. The minimum Gasteiger partial charge on any atom is -0.388 e. The van der Waals surface area contributed by atoms with Crippen molar-refractivity contribution in [1.82, 2.24) is 19.5 Å². The highest BCUT2D eigenvalue weighted by atomic mass is 16.4. The predicted molar refractivity (Wildman–Crippen MR) is 120 cm³/mol.